The molecule has 2 rings (SSSR count). The minimum atomic E-state index is -0.410. The minimum Gasteiger partial charge on any atom is -0.390 e. The van der Waals surface area contributed by atoms with Gasteiger partial charge >= 0.3 is 0 Å². The molecule has 1 saturated carbocycles. The number of hydrogen-bond donors (Lipinski definition) is 1. The second-order valence-corrected chi connectivity index (χ2v) is 6.54. The van der Waals surface area contributed by atoms with E-state index in [9.17, 15) is 9.90 Å². The molecule has 1 atom stereocenters. The maximum atomic E-state index is 11.6. The van der Waals surface area contributed by atoms with E-state index >= 15 is 0 Å². The lowest BCUT2D eigenvalue weighted by atomic mass is 9.95. The van der Waals surface area contributed by atoms with Gasteiger partial charge in [0.15, 0.2) is 0 Å². The third-order valence-electron chi connectivity index (χ3n) is 4.80. The van der Waals surface area contributed by atoms with E-state index in [1.54, 1.807) is 0 Å². The number of aliphatic hydroxyl groups is 1. The summed E-state index contributed by atoms with van der Waals surface area (Å²) in [5.74, 6) is 0.206. The van der Waals surface area contributed by atoms with Crippen LogP contribution in [-0.4, -0.2) is 59.6 Å². The predicted molar refractivity (Wildman–Crippen MR) is 80.6 cm³/mol. The van der Waals surface area contributed by atoms with Gasteiger partial charge in [-0.1, -0.05) is 32.1 Å². The minimum absolute atomic E-state index is 0.206. The lowest BCUT2D eigenvalue weighted by Crippen LogP contribution is -2.43. The lowest BCUT2D eigenvalue weighted by molar-refractivity contribution is -0.129. The standard InChI is InChI=1S/C16H30N2O2/c1-17(14-8-5-3-2-4-6-9-14)12-15(19)13-18-11-7-10-16(18)20/h14-15,19H,2-13H2,1H3. The molecule has 116 valence electrons. The first-order valence-electron chi connectivity index (χ1n) is 8.33. The molecule has 2 aliphatic rings. The first kappa shape index (κ1) is 15.8. The highest BCUT2D eigenvalue weighted by atomic mass is 16.3. The molecular formula is C16H30N2O2. The van der Waals surface area contributed by atoms with E-state index in [1.807, 2.05) is 4.90 Å². The molecule has 1 heterocycles. The summed E-state index contributed by atoms with van der Waals surface area (Å²) >= 11 is 0. The predicted octanol–water partition coefficient (Wildman–Crippen LogP) is 2.01. The first-order chi connectivity index (χ1) is 9.66. The fourth-order valence-corrected chi connectivity index (χ4v) is 3.57. The number of rotatable bonds is 5. The number of carbonyl (C=O) groups is 1. The summed E-state index contributed by atoms with van der Waals surface area (Å²) in [6.45, 7) is 2.02. The molecule has 1 saturated heterocycles. The van der Waals surface area contributed by atoms with Crippen LogP contribution in [0.3, 0.4) is 0 Å². The van der Waals surface area contributed by atoms with E-state index < -0.39 is 6.10 Å². The van der Waals surface area contributed by atoms with Gasteiger partial charge in [0.25, 0.3) is 0 Å². The van der Waals surface area contributed by atoms with Crippen LogP contribution < -0.4 is 0 Å². The van der Waals surface area contributed by atoms with Gasteiger partial charge in [-0.25, -0.2) is 0 Å². The van der Waals surface area contributed by atoms with Crippen molar-refractivity contribution >= 4 is 5.91 Å². The van der Waals surface area contributed by atoms with Crippen molar-refractivity contribution in [1.82, 2.24) is 9.80 Å². The average Bonchev–Trinajstić information content (AvgIpc) is 2.74. The van der Waals surface area contributed by atoms with Crippen LogP contribution in [0, 0.1) is 0 Å². The molecule has 4 heteroatoms. The Kier molecular flexibility index (Phi) is 6.30. The van der Waals surface area contributed by atoms with Crippen LogP contribution in [0.4, 0.5) is 0 Å². The number of likely N-dealkylation sites (tertiary alicyclic amines) is 1. The van der Waals surface area contributed by atoms with Crippen LogP contribution in [0.5, 0.6) is 0 Å². The van der Waals surface area contributed by atoms with Gasteiger partial charge < -0.3 is 14.9 Å². The van der Waals surface area contributed by atoms with E-state index in [4.69, 9.17) is 0 Å². The molecule has 4 nitrogen and oxygen atoms in total. The third-order valence-corrected chi connectivity index (χ3v) is 4.80. The van der Waals surface area contributed by atoms with E-state index in [0.29, 0.717) is 25.6 Å². The Morgan fingerprint density at radius 1 is 1.20 bits per heavy atom. The summed E-state index contributed by atoms with van der Waals surface area (Å²) in [4.78, 5) is 15.7. The molecule has 0 radical (unpaired) electrons. The van der Waals surface area contributed by atoms with Gasteiger partial charge in [0.05, 0.1) is 6.10 Å². The normalized spacial score (nSPS) is 23.9. The van der Waals surface area contributed by atoms with E-state index in [1.165, 1.54) is 44.9 Å². The zero-order valence-corrected chi connectivity index (χ0v) is 12.9. The van der Waals surface area contributed by atoms with Crippen LogP contribution in [0.25, 0.3) is 0 Å². The fraction of sp³-hybridized carbons (Fsp3) is 0.938. The molecule has 0 aromatic rings. The molecule has 1 amide bonds. The van der Waals surface area contributed by atoms with E-state index in [-0.39, 0.29) is 5.91 Å². The maximum Gasteiger partial charge on any atom is 0.222 e. The Morgan fingerprint density at radius 3 is 2.45 bits per heavy atom. The molecule has 0 spiro atoms. The van der Waals surface area contributed by atoms with Gasteiger partial charge in [-0.2, -0.15) is 0 Å². The Morgan fingerprint density at radius 2 is 1.85 bits per heavy atom. The number of aliphatic hydroxyl groups excluding tert-OH is 1. The van der Waals surface area contributed by atoms with Gasteiger partial charge in [-0.15, -0.1) is 0 Å². The zero-order valence-electron chi connectivity index (χ0n) is 12.9. The van der Waals surface area contributed by atoms with Crippen molar-refractivity contribution in [1.29, 1.82) is 0 Å². The van der Waals surface area contributed by atoms with Crippen molar-refractivity contribution in [3.63, 3.8) is 0 Å². The molecule has 1 N–H and O–H groups in total. The Labute approximate surface area is 123 Å². The number of hydrogen-bond acceptors (Lipinski definition) is 3. The van der Waals surface area contributed by atoms with Gasteiger partial charge in [-0.3, -0.25) is 4.79 Å². The van der Waals surface area contributed by atoms with Crippen LogP contribution in [0.1, 0.15) is 57.8 Å². The fourth-order valence-electron chi connectivity index (χ4n) is 3.57. The molecule has 20 heavy (non-hydrogen) atoms. The van der Waals surface area contributed by atoms with Crippen LogP contribution in [-0.2, 0) is 4.79 Å². The Bertz CT molecular complexity index is 301. The summed E-state index contributed by atoms with van der Waals surface area (Å²) < 4.78 is 0. The molecular weight excluding hydrogens is 252 g/mol. The highest BCUT2D eigenvalue weighted by molar-refractivity contribution is 5.78. The molecule has 1 aliphatic carbocycles. The van der Waals surface area contributed by atoms with Crippen molar-refractivity contribution in [3.8, 4) is 0 Å². The Balaban J connectivity index is 1.74. The monoisotopic (exact) mass is 282 g/mol. The first-order valence-corrected chi connectivity index (χ1v) is 8.33. The Hall–Kier alpha value is -0.610. The van der Waals surface area contributed by atoms with Crippen LogP contribution in [0.15, 0.2) is 0 Å². The molecule has 0 bridgehead atoms. The molecule has 0 aromatic carbocycles. The van der Waals surface area contributed by atoms with Gasteiger partial charge in [-0.05, 0) is 26.3 Å². The van der Waals surface area contributed by atoms with Crippen molar-refractivity contribution in [3.05, 3.63) is 0 Å². The van der Waals surface area contributed by atoms with Crippen molar-refractivity contribution in [2.75, 3.05) is 26.7 Å². The van der Waals surface area contributed by atoms with E-state index in [0.717, 1.165) is 13.0 Å². The second kappa shape index (κ2) is 7.99. The zero-order chi connectivity index (χ0) is 14.4. The second-order valence-electron chi connectivity index (χ2n) is 6.54. The number of likely N-dealkylation sites (N-methyl/N-ethyl adjacent to an activating group) is 1. The van der Waals surface area contributed by atoms with Crippen molar-refractivity contribution in [2.45, 2.75) is 69.9 Å². The SMILES string of the molecule is CN(CC(O)CN1CCCC1=O)C1CCCCCCC1. The average molecular weight is 282 g/mol. The summed E-state index contributed by atoms with van der Waals surface area (Å²) in [5, 5.41) is 10.2. The smallest absolute Gasteiger partial charge is 0.222 e. The highest BCUT2D eigenvalue weighted by Gasteiger charge is 2.24. The van der Waals surface area contributed by atoms with Crippen molar-refractivity contribution in [2.24, 2.45) is 0 Å². The van der Waals surface area contributed by atoms with E-state index in [2.05, 4.69) is 11.9 Å². The van der Waals surface area contributed by atoms with Gasteiger partial charge in [0.1, 0.15) is 0 Å². The summed E-state index contributed by atoms with van der Waals surface area (Å²) in [5.41, 5.74) is 0. The highest BCUT2D eigenvalue weighted by Crippen LogP contribution is 2.21. The number of amides is 1. The molecule has 1 aliphatic heterocycles. The van der Waals surface area contributed by atoms with Crippen LogP contribution in [0.2, 0.25) is 0 Å². The molecule has 2 fully saturated rings. The van der Waals surface area contributed by atoms with Gasteiger partial charge in [0.2, 0.25) is 5.91 Å². The molecule has 0 aromatic heterocycles. The van der Waals surface area contributed by atoms with Crippen LogP contribution >= 0.6 is 0 Å². The van der Waals surface area contributed by atoms with Crippen molar-refractivity contribution < 1.29 is 9.90 Å². The number of nitrogens with zero attached hydrogens (tertiary/aromatic N) is 2. The topological polar surface area (TPSA) is 43.8 Å². The molecule has 1 unspecified atom stereocenters. The summed E-state index contributed by atoms with van der Waals surface area (Å²) in [7, 11) is 2.13. The number of carbonyl (C=O) groups excluding carboxylic acids is 1. The summed E-state index contributed by atoms with van der Waals surface area (Å²) in [6.07, 6.45) is 10.4. The maximum absolute atomic E-state index is 11.6. The quantitative estimate of drug-likeness (QED) is 0.839. The van der Waals surface area contributed by atoms with Gasteiger partial charge in [0, 0.05) is 32.1 Å². The lowest BCUT2D eigenvalue weighted by Gasteiger charge is -2.32. The third kappa shape index (κ3) is 4.74. The number of β-amino-alcohol motifs (C(OH)–C–C–N with tert-alkyl or cyclic N) is 1. The summed E-state index contributed by atoms with van der Waals surface area (Å²) in [6, 6.07) is 0.610. The largest absolute Gasteiger partial charge is 0.390 e.